The van der Waals surface area contributed by atoms with Gasteiger partial charge in [-0.25, -0.2) is 13.6 Å². The zero-order chi connectivity index (χ0) is 37.2. The fourth-order valence-electron chi connectivity index (χ4n) is 8.15. The van der Waals surface area contributed by atoms with Crippen molar-refractivity contribution in [3.8, 4) is 23.2 Å². The Kier molecular flexibility index (Phi) is 9.08. The van der Waals surface area contributed by atoms with Crippen LogP contribution in [-0.2, 0) is 27.5 Å². The van der Waals surface area contributed by atoms with Crippen LogP contribution < -0.4 is 20.7 Å². The van der Waals surface area contributed by atoms with Gasteiger partial charge in [0.2, 0.25) is 5.91 Å². The van der Waals surface area contributed by atoms with E-state index in [9.17, 15) is 19.2 Å². The monoisotopic (exact) mass is 765 g/mol. The first-order valence-corrected chi connectivity index (χ1v) is 18.9. The summed E-state index contributed by atoms with van der Waals surface area (Å²) in [4.78, 5) is 37.5. The number of nitriles is 1. The molecule has 4 aliphatic rings. The maximum absolute atomic E-state index is 15.5. The van der Waals surface area contributed by atoms with Gasteiger partial charge in [0.1, 0.15) is 47.1 Å². The molecule has 0 aliphatic carbocycles. The van der Waals surface area contributed by atoms with Gasteiger partial charge < -0.3 is 24.8 Å². The van der Waals surface area contributed by atoms with E-state index < -0.39 is 35.3 Å². The molecule has 0 unspecified atom stereocenters. The highest BCUT2D eigenvalue weighted by Gasteiger charge is 2.49. The van der Waals surface area contributed by atoms with E-state index in [1.54, 1.807) is 26.8 Å². The molecule has 2 aromatic carbocycles. The van der Waals surface area contributed by atoms with Gasteiger partial charge in [-0.1, -0.05) is 17.7 Å². The predicted molar refractivity (Wildman–Crippen MR) is 197 cm³/mol. The smallest absolute Gasteiger partial charge is 0.412 e. The third-order valence-corrected chi connectivity index (χ3v) is 11.9. The minimum Gasteiger partial charge on any atom is -0.461 e. The maximum atomic E-state index is 15.5. The number of benzene rings is 2. The first-order valence-electron chi connectivity index (χ1n) is 17.7. The van der Waals surface area contributed by atoms with Gasteiger partial charge >= 0.3 is 12.1 Å². The number of carbonyl (C=O) groups excluding carboxylic acids is 2. The Morgan fingerprint density at radius 2 is 2.06 bits per heavy atom. The molecule has 2 aromatic heterocycles. The average Bonchev–Trinajstić information content (AvgIpc) is 3.87. The van der Waals surface area contributed by atoms with Crippen LogP contribution in [0.5, 0.6) is 6.01 Å². The fourth-order valence-corrected chi connectivity index (χ4v) is 9.58. The van der Waals surface area contributed by atoms with Gasteiger partial charge in [0, 0.05) is 30.5 Å². The number of carbonyl (C=O) groups is 2. The Labute approximate surface area is 313 Å². The Hall–Kier alpha value is -4.36. The number of thiophene rings is 1. The molecule has 2 amide bonds. The van der Waals surface area contributed by atoms with Crippen molar-refractivity contribution in [3.63, 3.8) is 0 Å². The van der Waals surface area contributed by atoms with Crippen molar-refractivity contribution in [2.45, 2.75) is 89.4 Å². The second kappa shape index (κ2) is 13.5. The molecule has 8 rings (SSSR count). The number of aromatic nitrogens is 2. The molecule has 12 nitrogen and oxygen atoms in total. The van der Waals surface area contributed by atoms with E-state index >= 15 is 4.39 Å². The van der Waals surface area contributed by atoms with Crippen molar-refractivity contribution in [1.82, 2.24) is 20.2 Å². The minimum absolute atomic E-state index is 0.00723. The van der Waals surface area contributed by atoms with E-state index in [-0.39, 0.29) is 57.4 Å². The number of piperidine rings is 1. The van der Waals surface area contributed by atoms with E-state index in [1.165, 1.54) is 6.07 Å². The third kappa shape index (κ3) is 6.39. The summed E-state index contributed by atoms with van der Waals surface area (Å²) in [6, 6.07) is 4.44. The number of nitrogens with zero attached hydrogens (tertiary/aromatic N) is 4. The van der Waals surface area contributed by atoms with Gasteiger partial charge in [-0.3, -0.25) is 15.0 Å². The summed E-state index contributed by atoms with van der Waals surface area (Å²) in [5, 5.41) is 20.4. The lowest BCUT2D eigenvalue weighted by atomic mass is 9.91. The Morgan fingerprint density at radius 1 is 1.25 bits per heavy atom. The van der Waals surface area contributed by atoms with Crippen LogP contribution in [0.2, 0.25) is 5.02 Å². The summed E-state index contributed by atoms with van der Waals surface area (Å²) in [5.41, 5.74) is 1.44. The van der Waals surface area contributed by atoms with Crippen LogP contribution in [0.4, 0.5) is 24.4 Å². The number of hydrogen-bond donors (Lipinski definition) is 3. The molecule has 3 fully saturated rings. The molecule has 3 saturated heterocycles. The molecule has 0 bridgehead atoms. The largest absolute Gasteiger partial charge is 0.461 e. The summed E-state index contributed by atoms with van der Waals surface area (Å²) < 4.78 is 48.0. The molecule has 16 heteroatoms. The summed E-state index contributed by atoms with van der Waals surface area (Å²) in [7, 11) is 0. The lowest BCUT2D eigenvalue weighted by Crippen LogP contribution is -2.44. The normalized spacial score (nSPS) is 22.8. The molecular weight excluding hydrogens is 728 g/mol. The number of ether oxygens (including phenoxy) is 3. The number of hydrogen-bond acceptors (Lipinski definition) is 11. The molecule has 53 heavy (non-hydrogen) atoms. The molecule has 4 aliphatic heterocycles. The predicted octanol–water partition coefficient (Wildman–Crippen LogP) is 7.20. The van der Waals surface area contributed by atoms with E-state index in [2.05, 4.69) is 26.9 Å². The van der Waals surface area contributed by atoms with Crippen LogP contribution in [-0.4, -0.2) is 76.5 Å². The number of nitrogens with one attached hydrogen (secondary N) is 3. The van der Waals surface area contributed by atoms with Gasteiger partial charge in [0.05, 0.1) is 44.9 Å². The SMILES string of the molecule is CC(C)(C)OC(=O)Nc1sc2c(F)ccc(-c3c4c(c5c(N[C@@H]6CCCNC6=O)nc(OC[C@@]67CCCN6C[C@H](F)C7)nc5c3Cl)COC4)c2c1C#N. The van der Waals surface area contributed by atoms with Crippen LogP contribution >= 0.6 is 22.9 Å². The molecule has 0 saturated carbocycles. The number of amides is 2. The number of alkyl halides is 1. The zero-order valence-corrected chi connectivity index (χ0v) is 31.0. The number of fused-ring (bicyclic) bond motifs is 5. The highest BCUT2D eigenvalue weighted by Crippen LogP contribution is 2.50. The van der Waals surface area contributed by atoms with Crippen LogP contribution in [0.25, 0.3) is 32.1 Å². The minimum atomic E-state index is -0.944. The lowest BCUT2D eigenvalue weighted by molar-refractivity contribution is -0.123. The molecule has 3 atom stereocenters. The highest BCUT2D eigenvalue weighted by molar-refractivity contribution is 7.23. The average molecular weight is 766 g/mol. The zero-order valence-electron chi connectivity index (χ0n) is 29.5. The molecule has 278 valence electrons. The third-order valence-electron chi connectivity index (χ3n) is 10.4. The van der Waals surface area contributed by atoms with Crippen molar-refractivity contribution in [3.05, 3.63) is 39.7 Å². The summed E-state index contributed by atoms with van der Waals surface area (Å²) in [6.45, 7) is 7.38. The molecule has 0 spiro atoms. The van der Waals surface area contributed by atoms with Gasteiger partial charge in [0.15, 0.2) is 0 Å². The van der Waals surface area contributed by atoms with E-state index in [1.807, 2.05) is 0 Å². The summed E-state index contributed by atoms with van der Waals surface area (Å²) in [5.74, 6) is -0.392. The van der Waals surface area contributed by atoms with Crippen LogP contribution in [0.15, 0.2) is 12.1 Å². The van der Waals surface area contributed by atoms with Crippen LogP contribution in [0.1, 0.15) is 69.6 Å². The Morgan fingerprint density at radius 3 is 2.83 bits per heavy atom. The van der Waals surface area contributed by atoms with Crippen molar-refractivity contribution in [2.75, 3.05) is 36.9 Å². The van der Waals surface area contributed by atoms with Crippen molar-refractivity contribution < 1.29 is 32.6 Å². The quantitative estimate of drug-likeness (QED) is 0.176. The van der Waals surface area contributed by atoms with Crippen molar-refractivity contribution >= 4 is 66.7 Å². The van der Waals surface area contributed by atoms with Crippen molar-refractivity contribution in [1.29, 1.82) is 5.26 Å². The number of anilines is 2. The van der Waals surface area contributed by atoms with Gasteiger partial charge in [-0.15, -0.1) is 11.3 Å². The van der Waals surface area contributed by atoms with Crippen molar-refractivity contribution in [2.24, 2.45) is 0 Å². The van der Waals surface area contributed by atoms with E-state index in [0.717, 1.165) is 42.7 Å². The molecular formula is C37H38ClF2N7O5S. The molecule has 4 aromatic rings. The van der Waals surface area contributed by atoms with E-state index in [4.69, 9.17) is 35.8 Å². The second-order valence-electron chi connectivity index (χ2n) is 15.1. The maximum Gasteiger partial charge on any atom is 0.412 e. The fraction of sp³-hybridized carbons (Fsp3) is 0.486. The van der Waals surface area contributed by atoms with Crippen LogP contribution in [0.3, 0.4) is 0 Å². The molecule has 0 radical (unpaired) electrons. The lowest BCUT2D eigenvalue weighted by Gasteiger charge is -2.31. The van der Waals surface area contributed by atoms with E-state index in [0.29, 0.717) is 59.3 Å². The second-order valence-corrected chi connectivity index (χ2v) is 16.5. The number of halogens is 3. The first kappa shape index (κ1) is 35.7. The topological polar surface area (TPSA) is 151 Å². The van der Waals surface area contributed by atoms with Gasteiger partial charge in [-0.2, -0.15) is 15.2 Å². The summed E-state index contributed by atoms with van der Waals surface area (Å²) in [6.07, 6.45) is 1.72. The van der Waals surface area contributed by atoms with Gasteiger partial charge in [-0.05, 0) is 75.8 Å². The Balaban J connectivity index is 1.29. The number of rotatable bonds is 7. The van der Waals surface area contributed by atoms with Crippen LogP contribution in [0, 0.1) is 17.1 Å². The molecule has 3 N–H and O–H groups in total. The molecule has 6 heterocycles. The Bertz CT molecular complexity index is 2220. The van der Waals surface area contributed by atoms with Gasteiger partial charge in [0.25, 0.3) is 0 Å². The standard InChI is InChI=1S/C37H38ClF2N7O5S/c1-36(2,3)52-35(49)46-33-20(13-41)26-19(7-8-23(40)30(26)53-33)25-21-15-50-16-22(21)27-29(28(25)38)44-34(45-31(27)43-24-6-4-10-42-32(24)48)51-17-37-9-5-11-47(37)14-18(39)12-37/h7-8,18,24H,4-6,9-12,14-17H2,1-3H3,(H,42,48)(H,46,49)(H,43,44,45)/t18-,24-,37+/m1/s1. The highest BCUT2D eigenvalue weighted by atomic mass is 35.5. The summed E-state index contributed by atoms with van der Waals surface area (Å²) >= 11 is 8.30. The first-order chi connectivity index (χ1) is 25.4.